The molecule has 0 saturated heterocycles. The van der Waals surface area contributed by atoms with Crippen LogP contribution in [0.3, 0.4) is 0 Å². The number of aldehydes is 1. The van der Waals surface area contributed by atoms with Crippen molar-refractivity contribution in [2.75, 3.05) is 13.1 Å². The minimum atomic E-state index is -0.548. The van der Waals surface area contributed by atoms with Crippen LogP contribution in [0.15, 0.2) is 0 Å². The van der Waals surface area contributed by atoms with Crippen molar-refractivity contribution < 1.29 is 9.59 Å². The summed E-state index contributed by atoms with van der Waals surface area (Å²) in [5.74, 6) is -0.296. The molecule has 0 aliphatic carbocycles. The normalized spacial score (nSPS) is 12.2. The molecule has 0 bridgehead atoms. The van der Waals surface area contributed by atoms with Gasteiger partial charge in [-0.15, -0.1) is 0 Å². The van der Waals surface area contributed by atoms with Crippen LogP contribution >= 0.6 is 0 Å². The van der Waals surface area contributed by atoms with Crippen LogP contribution in [0.4, 0.5) is 0 Å². The molecule has 0 aliphatic rings. The first kappa shape index (κ1) is 11.1. The molecule has 0 heterocycles. The maximum absolute atomic E-state index is 11.0. The van der Waals surface area contributed by atoms with Crippen molar-refractivity contribution in [1.82, 2.24) is 5.32 Å². The van der Waals surface area contributed by atoms with E-state index in [4.69, 9.17) is 11.5 Å². The minimum absolute atomic E-state index is 0.0230. The number of hydrogen-bond acceptors (Lipinski definition) is 4. The van der Waals surface area contributed by atoms with E-state index < -0.39 is 6.04 Å². The van der Waals surface area contributed by atoms with Crippen molar-refractivity contribution >= 4 is 12.2 Å². The molecule has 0 aromatic rings. The van der Waals surface area contributed by atoms with Gasteiger partial charge in [0.25, 0.3) is 0 Å². The van der Waals surface area contributed by atoms with Gasteiger partial charge >= 0.3 is 0 Å². The van der Waals surface area contributed by atoms with E-state index in [1.165, 1.54) is 0 Å². The van der Waals surface area contributed by atoms with Crippen molar-refractivity contribution in [3.05, 3.63) is 0 Å². The molecular weight excluding hydrogens is 158 g/mol. The molecule has 12 heavy (non-hydrogen) atoms. The van der Waals surface area contributed by atoms with E-state index in [0.717, 1.165) is 6.42 Å². The molecule has 0 aromatic carbocycles. The average Bonchev–Trinajstić information content (AvgIpc) is 2.10. The zero-order valence-electron chi connectivity index (χ0n) is 6.95. The van der Waals surface area contributed by atoms with Crippen molar-refractivity contribution in [2.45, 2.75) is 18.9 Å². The standard InChI is InChI=1S/C7H15N3O2/c8-3-1-2-6(9)7(12)10-4-5-11/h5-6H,1-4,8-9H2,(H,10,12)/t6-/m0/s1. The van der Waals surface area contributed by atoms with Gasteiger partial charge in [0.2, 0.25) is 5.91 Å². The van der Waals surface area contributed by atoms with Gasteiger partial charge in [0, 0.05) is 0 Å². The minimum Gasteiger partial charge on any atom is -0.348 e. The zero-order valence-corrected chi connectivity index (χ0v) is 6.95. The number of rotatable bonds is 6. The highest BCUT2D eigenvalue weighted by Gasteiger charge is 2.10. The third-order valence-electron chi connectivity index (χ3n) is 1.42. The van der Waals surface area contributed by atoms with Crippen LogP contribution in [-0.2, 0) is 9.59 Å². The lowest BCUT2D eigenvalue weighted by molar-refractivity contribution is -0.123. The number of carbonyl (C=O) groups is 2. The molecule has 5 nitrogen and oxygen atoms in total. The zero-order chi connectivity index (χ0) is 9.40. The van der Waals surface area contributed by atoms with Crippen LogP contribution in [-0.4, -0.2) is 31.3 Å². The lowest BCUT2D eigenvalue weighted by Gasteiger charge is -2.09. The Morgan fingerprint density at radius 2 is 2.25 bits per heavy atom. The Labute approximate surface area is 71.5 Å². The molecule has 0 radical (unpaired) electrons. The summed E-state index contributed by atoms with van der Waals surface area (Å²) in [7, 11) is 0. The van der Waals surface area contributed by atoms with Gasteiger partial charge in [-0.05, 0) is 19.4 Å². The molecule has 0 aromatic heterocycles. The molecular formula is C7H15N3O2. The van der Waals surface area contributed by atoms with Crippen LogP contribution in [0, 0.1) is 0 Å². The number of nitrogens with one attached hydrogen (secondary N) is 1. The average molecular weight is 173 g/mol. The summed E-state index contributed by atoms with van der Waals surface area (Å²) in [6.07, 6.45) is 1.89. The molecule has 0 fully saturated rings. The van der Waals surface area contributed by atoms with Gasteiger partial charge in [-0.3, -0.25) is 4.79 Å². The van der Waals surface area contributed by atoms with Crippen molar-refractivity contribution in [3.63, 3.8) is 0 Å². The number of nitrogens with two attached hydrogens (primary N) is 2. The first-order valence-corrected chi connectivity index (χ1v) is 3.89. The highest BCUT2D eigenvalue weighted by Crippen LogP contribution is 1.91. The van der Waals surface area contributed by atoms with E-state index in [2.05, 4.69) is 5.32 Å². The molecule has 1 atom stereocenters. The highest BCUT2D eigenvalue weighted by atomic mass is 16.2. The Morgan fingerprint density at radius 3 is 2.75 bits per heavy atom. The highest BCUT2D eigenvalue weighted by molar-refractivity contribution is 5.83. The SMILES string of the molecule is NCCC[C@H](N)C(=O)NCC=O. The van der Waals surface area contributed by atoms with Crippen molar-refractivity contribution in [1.29, 1.82) is 0 Å². The van der Waals surface area contributed by atoms with Gasteiger partial charge in [-0.2, -0.15) is 0 Å². The summed E-state index contributed by atoms with van der Waals surface area (Å²) in [5.41, 5.74) is 10.7. The Kier molecular flexibility index (Phi) is 6.22. The lowest BCUT2D eigenvalue weighted by Crippen LogP contribution is -2.41. The van der Waals surface area contributed by atoms with Crippen LogP contribution in [0.5, 0.6) is 0 Å². The van der Waals surface area contributed by atoms with Crippen LogP contribution < -0.4 is 16.8 Å². The van der Waals surface area contributed by atoms with Crippen molar-refractivity contribution in [3.8, 4) is 0 Å². The van der Waals surface area contributed by atoms with Gasteiger partial charge in [-0.25, -0.2) is 0 Å². The second-order valence-electron chi connectivity index (χ2n) is 2.45. The Balaban J connectivity index is 3.53. The second kappa shape index (κ2) is 6.75. The van der Waals surface area contributed by atoms with E-state index in [0.29, 0.717) is 19.3 Å². The first-order valence-electron chi connectivity index (χ1n) is 3.89. The van der Waals surface area contributed by atoms with Gasteiger partial charge < -0.3 is 21.6 Å². The van der Waals surface area contributed by atoms with E-state index in [1.54, 1.807) is 0 Å². The molecule has 0 rings (SSSR count). The van der Waals surface area contributed by atoms with Gasteiger partial charge in [-0.1, -0.05) is 0 Å². The van der Waals surface area contributed by atoms with Gasteiger partial charge in [0.15, 0.2) is 0 Å². The molecule has 0 unspecified atom stereocenters. The van der Waals surface area contributed by atoms with E-state index in [1.807, 2.05) is 0 Å². The Bertz CT molecular complexity index is 150. The summed E-state index contributed by atoms with van der Waals surface area (Å²) in [6.45, 7) is 0.545. The van der Waals surface area contributed by atoms with Gasteiger partial charge in [0.05, 0.1) is 12.6 Å². The number of hydrogen-bond donors (Lipinski definition) is 3. The lowest BCUT2D eigenvalue weighted by atomic mass is 10.1. The fourth-order valence-corrected chi connectivity index (χ4v) is 0.742. The maximum atomic E-state index is 11.0. The largest absolute Gasteiger partial charge is 0.348 e. The molecule has 0 aliphatic heterocycles. The monoisotopic (exact) mass is 173 g/mol. The fraction of sp³-hybridized carbons (Fsp3) is 0.714. The topological polar surface area (TPSA) is 98.2 Å². The molecule has 1 amide bonds. The maximum Gasteiger partial charge on any atom is 0.237 e. The molecule has 0 saturated carbocycles. The number of carbonyl (C=O) groups excluding carboxylic acids is 2. The molecule has 5 N–H and O–H groups in total. The van der Waals surface area contributed by atoms with Crippen LogP contribution in [0.2, 0.25) is 0 Å². The van der Waals surface area contributed by atoms with Crippen LogP contribution in [0.25, 0.3) is 0 Å². The summed E-state index contributed by atoms with van der Waals surface area (Å²) < 4.78 is 0. The summed E-state index contributed by atoms with van der Waals surface area (Å²) in [6, 6.07) is -0.548. The van der Waals surface area contributed by atoms with E-state index in [9.17, 15) is 9.59 Å². The Hall–Kier alpha value is -0.940. The Morgan fingerprint density at radius 1 is 1.58 bits per heavy atom. The molecule has 5 heteroatoms. The quantitative estimate of drug-likeness (QED) is 0.420. The first-order chi connectivity index (χ1) is 5.72. The summed E-state index contributed by atoms with van der Waals surface area (Å²) in [4.78, 5) is 20.8. The van der Waals surface area contributed by atoms with Crippen molar-refractivity contribution in [2.24, 2.45) is 11.5 Å². The number of amides is 1. The summed E-state index contributed by atoms with van der Waals surface area (Å²) >= 11 is 0. The predicted octanol–water partition coefficient (Wildman–Crippen LogP) is -1.63. The van der Waals surface area contributed by atoms with Gasteiger partial charge in [0.1, 0.15) is 6.29 Å². The molecule has 0 spiro atoms. The van der Waals surface area contributed by atoms with E-state index >= 15 is 0 Å². The third kappa shape index (κ3) is 4.81. The summed E-state index contributed by atoms with van der Waals surface area (Å²) in [5, 5.41) is 2.37. The molecule has 70 valence electrons. The second-order valence-corrected chi connectivity index (χ2v) is 2.45. The smallest absolute Gasteiger partial charge is 0.237 e. The predicted molar refractivity (Wildman–Crippen MR) is 45.3 cm³/mol. The van der Waals surface area contributed by atoms with E-state index in [-0.39, 0.29) is 12.5 Å². The fourth-order valence-electron chi connectivity index (χ4n) is 0.742. The third-order valence-corrected chi connectivity index (χ3v) is 1.42. The van der Waals surface area contributed by atoms with Crippen LogP contribution in [0.1, 0.15) is 12.8 Å².